The summed E-state index contributed by atoms with van der Waals surface area (Å²) in [4.78, 5) is 8.86. The molecule has 0 spiro atoms. The summed E-state index contributed by atoms with van der Waals surface area (Å²) in [5, 5.41) is 6.69. The van der Waals surface area contributed by atoms with Gasteiger partial charge in [-0.05, 0) is 68.9 Å². The Bertz CT molecular complexity index is 727. The normalized spacial score (nSPS) is 14.2. The minimum absolute atomic E-state index is 0.672. The van der Waals surface area contributed by atoms with Crippen LogP contribution in [-0.4, -0.2) is 16.5 Å². The lowest BCUT2D eigenvalue weighted by atomic mass is 9.97. The first kappa shape index (κ1) is 17.0. The van der Waals surface area contributed by atoms with Crippen molar-refractivity contribution in [2.75, 3.05) is 17.2 Å². The van der Waals surface area contributed by atoms with Crippen molar-refractivity contribution in [2.24, 2.45) is 0 Å². The standard InChI is InChI=1S/C19H23BrN4/c1-14-13-16(20)7-8-17(14)23-18-10-12-22-19(24-18)21-11-9-15-5-3-2-4-6-15/h5,7-8,10,12-13H,2-4,6,9,11H2,1H3,(H2,21,22,23,24). The zero-order chi connectivity index (χ0) is 16.8. The Morgan fingerprint density at radius 2 is 2.12 bits per heavy atom. The van der Waals surface area contributed by atoms with Gasteiger partial charge in [0.05, 0.1) is 0 Å². The fraction of sp³-hybridized carbons (Fsp3) is 0.368. The molecule has 2 N–H and O–H groups in total. The van der Waals surface area contributed by atoms with Crippen molar-refractivity contribution in [3.8, 4) is 0 Å². The van der Waals surface area contributed by atoms with Gasteiger partial charge in [-0.1, -0.05) is 27.6 Å². The quantitative estimate of drug-likeness (QED) is 0.634. The van der Waals surface area contributed by atoms with Gasteiger partial charge < -0.3 is 10.6 Å². The van der Waals surface area contributed by atoms with Gasteiger partial charge in [-0.3, -0.25) is 0 Å². The predicted octanol–water partition coefficient (Wildman–Crippen LogP) is 5.59. The number of allylic oxidation sites excluding steroid dienone is 1. The van der Waals surface area contributed by atoms with Gasteiger partial charge >= 0.3 is 0 Å². The van der Waals surface area contributed by atoms with Crippen molar-refractivity contribution in [1.82, 2.24) is 9.97 Å². The van der Waals surface area contributed by atoms with Crippen molar-refractivity contribution < 1.29 is 0 Å². The number of nitrogens with zero attached hydrogens (tertiary/aromatic N) is 2. The first-order valence-corrected chi connectivity index (χ1v) is 9.28. The number of benzene rings is 1. The lowest BCUT2D eigenvalue weighted by molar-refractivity contribution is 0.679. The second-order valence-electron chi connectivity index (χ2n) is 6.13. The average Bonchev–Trinajstić information content (AvgIpc) is 2.59. The van der Waals surface area contributed by atoms with Gasteiger partial charge in [0.2, 0.25) is 5.95 Å². The molecule has 1 aliphatic rings. The number of hydrogen-bond donors (Lipinski definition) is 2. The molecular weight excluding hydrogens is 364 g/mol. The van der Waals surface area contributed by atoms with E-state index in [0.717, 1.165) is 28.9 Å². The van der Waals surface area contributed by atoms with Gasteiger partial charge in [0.1, 0.15) is 5.82 Å². The molecule has 0 fully saturated rings. The molecular formula is C19H23BrN4. The summed E-state index contributed by atoms with van der Waals surface area (Å²) in [7, 11) is 0. The zero-order valence-electron chi connectivity index (χ0n) is 14.0. The Kier molecular flexibility index (Phi) is 5.86. The topological polar surface area (TPSA) is 49.8 Å². The molecule has 5 heteroatoms. The fourth-order valence-corrected chi connectivity index (χ4v) is 3.36. The molecule has 1 aromatic heterocycles. The molecule has 0 saturated carbocycles. The molecule has 2 aromatic rings. The Hall–Kier alpha value is -1.88. The Labute approximate surface area is 151 Å². The maximum absolute atomic E-state index is 4.55. The van der Waals surface area contributed by atoms with Crippen LogP contribution in [-0.2, 0) is 0 Å². The van der Waals surface area contributed by atoms with Crippen LogP contribution in [0.5, 0.6) is 0 Å². The van der Waals surface area contributed by atoms with Crippen LogP contribution >= 0.6 is 15.9 Å². The minimum Gasteiger partial charge on any atom is -0.354 e. The SMILES string of the molecule is Cc1cc(Br)ccc1Nc1ccnc(NCCC2=CCCCC2)n1. The number of hydrogen-bond acceptors (Lipinski definition) is 4. The largest absolute Gasteiger partial charge is 0.354 e. The number of rotatable bonds is 6. The molecule has 1 aromatic carbocycles. The number of aromatic nitrogens is 2. The van der Waals surface area contributed by atoms with E-state index in [-0.39, 0.29) is 0 Å². The van der Waals surface area contributed by atoms with Crippen molar-refractivity contribution in [2.45, 2.75) is 39.0 Å². The van der Waals surface area contributed by atoms with Crippen LogP contribution in [0.4, 0.5) is 17.5 Å². The Morgan fingerprint density at radius 1 is 1.21 bits per heavy atom. The zero-order valence-corrected chi connectivity index (χ0v) is 15.6. The Balaban J connectivity index is 1.58. The molecule has 0 bridgehead atoms. The summed E-state index contributed by atoms with van der Waals surface area (Å²) in [5.41, 5.74) is 3.78. The highest BCUT2D eigenvalue weighted by molar-refractivity contribution is 9.10. The third-order valence-electron chi connectivity index (χ3n) is 4.22. The number of aryl methyl sites for hydroxylation is 1. The lowest BCUT2D eigenvalue weighted by Gasteiger charge is -2.13. The first-order valence-electron chi connectivity index (χ1n) is 8.49. The summed E-state index contributed by atoms with van der Waals surface area (Å²) in [6.45, 7) is 2.96. The van der Waals surface area contributed by atoms with E-state index in [9.17, 15) is 0 Å². The highest BCUT2D eigenvalue weighted by atomic mass is 79.9. The van der Waals surface area contributed by atoms with Gasteiger partial charge in [0.25, 0.3) is 0 Å². The molecule has 0 atom stereocenters. The van der Waals surface area contributed by atoms with Crippen LogP contribution < -0.4 is 10.6 Å². The van der Waals surface area contributed by atoms with Gasteiger partial charge in [0.15, 0.2) is 0 Å². The third-order valence-corrected chi connectivity index (χ3v) is 4.71. The fourth-order valence-electron chi connectivity index (χ4n) is 2.89. The van der Waals surface area contributed by atoms with E-state index in [1.165, 1.54) is 31.2 Å². The summed E-state index contributed by atoms with van der Waals surface area (Å²) in [6, 6.07) is 8.04. The molecule has 0 unspecified atom stereocenters. The summed E-state index contributed by atoms with van der Waals surface area (Å²) >= 11 is 3.49. The van der Waals surface area contributed by atoms with Crippen LogP contribution in [0, 0.1) is 6.92 Å². The molecule has 0 radical (unpaired) electrons. The van der Waals surface area contributed by atoms with Crippen LogP contribution in [0.15, 0.2) is 46.6 Å². The number of nitrogens with one attached hydrogen (secondary N) is 2. The Morgan fingerprint density at radius 3 is 2.92 bits per heavy atom. The number of anilines is 3. The monoisotopic (exact) mass is 386 g/mol. The average molecular weight is 387 g/mol. The van der Waals surface area contributed by atoms with E-state index in [0.29, 0.717) is 5.95 Å². The molecule has 4 nitrogen and oxygen atoms in total. The van der Waals surface area contributed by atoms with Crippen LogP contribution in [0.1, 0.15) is 37.7 Å². The van der Waals surface area contributed by atoms with E-state index < -0.39 is 0 Å². The summed E-state index contributed by atoms with van der Waals surface area (Å²) in [5.74, 6) is 1.47. The second kappa shape index (κ2) is 8.29. The van der Waals surface area contributed by atoms with Crippen molar-refractivity contribution >= 4 is 33.4 Å². The second-order valence-corrected chi connectivity index (χ2v) is 7.05. The molecule has 1 heterocycles. The van der Waals surface area contributed by atoms with E-state index in [1.54, 1.807) is 11.8 Å². The van der Waals surface area contributed by atoms with Crippen LogP contribution in [0.25, 0.3) is 0 Å². The predicted molar refractivity (Wildman–Crippen MR) is 104 cm³/mol. The van der Waals surface area contributed by atoms with E-state index in [2.05, 4.69) is 55.6 Å². The third kappa shape index (κ3) is 4.81. The summed E-state index contributed by atoms with van der Waals surface area (Å²) < 4.78 is 1.08. The molecule has 126 valence electrons. The lowest BCUT2D eigenvalue weighted by Crippen LogP contribution is -2.08. The van der Waals surface area contributed by atoms with E-state index >= 15 is 0 Å². The highest BCUT2D eigenvalue weighted by Crippen LogP contribution is 2.23. The smallest absolute Gasteiger partial charge is 0.224 e. The van der Waals surface area contributed by atoms with Gasteiger partial charge in [-0.25, -0.2) is 4.98 Å². The molecule has 0 amide bonds. The van der Waals surface area contributed by atoms with Crippen LogP contribution in [0.3, 0.4) is 0 Å². The van der Waals surface area contributed by atoms with Gasteiger partial charge in [-0.15, -0.1) is 0 Å². The number of halogens is 1. The van der Waals surface area contributed by atoms with Crippen molar-refractivity contribution in [3.63, 3.8) is 0 Å². The molecule has 0 aliphatic heterocycles. The van der Waals surface area contributed by atoms with Gasteiger partial charge in [-0.2, -0.15) is 4.98 Å². The van der Waals surface area contributed by atoms with E-state index in [1.807, 2.05) is 18.2 Å². The molecule has 0 saturated heterocycles. The molecule has 24 heavy (non-hydrogen) atoms. The van der Waals surface area contributed by atoms with Crippen molar-refractivity contribution in [1.29, 1.82) is 0 Å². The molecule has 3 rings (SSSR count). The highest BCUT2D eigenvalue weighted by Gasteiger charge is 2.05. The van der Waals surface area contributed by atoms with Gasteiger partial charge in [0, 0.05) is 22.9 Å². The maximum Gasteiger partial charge on any atom is 0.224 e. The van der Waals surface area contributed by atoms with E-state index in [4.69, 9.17) is 0 Å². The van der Waals surface area contributed by atoms with Crippen LogP contribution in [0.2, 0.25) is 0 Å². The van der Waals surface area contributed by atoms with Crippen molar-refractivity contribution in [3.05, 3.63) is 52.1 Å². The summed E-state index contributed by atoms with van der Waals surface area (Å²) in [6.07, 6.45) is 10.4. The first-order chi connectivity index (χ1) is 11.7. The maximum atomic E-state index is 4.55. The molecule has 1 aliphatic carbocycles. The minimum atomic E-state index is 0.672.